The molecule has 3 aromatic carbocycles. The van der Waals surface area contributed by atoms with Crippen molar-refractivity contribution in [1.82, 2.24) is 5.32 Å². The topological polar surface area (TPSA) is 75.7 Å². The van der Waals surface area contributed by atoms with Crippen molar-refractivity contribution in [3.63, 3.8) is 0 Å². The van der Waals surface area contributed by atoms with Crippen molar-refractivity contribution in [3.05, 3.63) is 98.0 Å². The van der Waals surface area contributed by atoms with Gasteiger partial charge >= 0.3 is 6.03 Å². The molecule has 1 aliphatic heterocycles. The van der Waals surface area contributed by atoms with E-state index < -0.39 is 17.8 Å². The summed E-state index contributed by atoms with van der Waals surface area (Å²) in [5.41, 5.74) is 2.14. The van der Waals surface area contributed by atoms with Crippen molar-refractivity contribution < 1.29 is 19.1 Å². The van der Waals surface area contributed by atoms with E-state index in [2.05, 4.69) is 5.32 Å². The molecule has 0 unspecified atom stereocenters. The van der Waals surface area contributed by atoms with Gasteiger partial charge in [-0.05, 0) is 55.5 Å². The minimum atomic E-state index is -0.823. The normalized spacial score (nSPS) is 15.0. The predicted octanol–water partition coefficient (Wildman–Crippen LogP) is 6.20. The maximum absolute atomic E-state index is 13.2. The molecule has 0 aromatic heterocycles. The van der Waals surface area contributed by atoms with Crippen LogP contribution in [0.4, 0.5) is 10.5 Å². The molecule has 4 rings (SSSR count). The van der Waals surface area contributed by atoms with Crippen molar-refractivity contribution in [3.8, 4) is 5.75 Å². The molecule has 0 aliphatic carbocycles. The number of imide groups is 2. The highest BCUT2D eigenvalue weighted by Gasteiger charge is 2.37. The number of benzene rings is 3. The number of aryl methyl sites for hydroxylation is 1. The molecule has 0 atom stereocenters. The largest absolute Gasteiger partial charge is 0.488 e. The maximum atomic E-state index is 13.2. The summed E-state index contributed by atoms with van der Waals surface area (Å²) >= 11 is 18.3. The van der Waals surface area contributed by atoms with Gasteiger partial charge in [0.2, 0.25) is 0 Å². The number of nitrogens with zero attached hydrogens (tertiary/aromatic N) is 1. The Balaban J connectivity index is 1.67. The second kappa shape index (κ2) is 9.89. The Labute approximate surface area is 210 Å². The van der Waals surface area contributed by atoms with E-state index in [1.807, 2.05) is 6.92 Å². The first kappa shape index (κ1) is 23.8. The van der Waals surface area contributed by atoms with Crippen molar-refractivity contribution in [2.24, 2.45) is 0 Å². The number of urea groups is 1. The number of carbonyl (C=O) groups excluding carboxylic acids is 3. The Morgan fingerprint density at radius 1 is 0.912 bits per heavy atom. The zero-order chi connectivity index (χ0) is 24.4. The number of ether oxygens (including phenoxy) is 1. The molecule has 1 fully saturated rings. The molecule has 1 heterocycles. The van der Waals surface area contributed by atoms with Crippen LogP contribution in [0.15, 0.2) is 66.2 Å². The molecule has 6 nitrogen and oxygen atoms in total. The van der Waals surface area contributed by atoms with Gasteiger partial charge in [-0.15, -0.1) is 0 Å². The zero-order valence-electron chi connectivity index (χ0n) is 17.8. The van der Waals surface area contributed by atoms with Gasteiger partial charge in [0.1, 0.15) is 17.9 Å². The molecule has 0 saturated carbocycles. The van der Waals surface area contributed by atoms with Gasteiger partial charge in [-0.1, -0.05) is 58.6 Å². The lowest BCUT2D eigenvalue weighted by Gasteiger charge is -2.26. The van der Waals surface area contributed by atoms with E-state index >= 15 is 0 Å². The molecule has 0 radical (unpaired) electrons. The van der Waals surface area contributed by atoms with E-state index in [0.717, 1.165) is 10.5 Å². The van der Waals surface area contributed by atoms with Crippen LogP contribution in [0.25, 0.3) is 6.08 Å². The highest BCUT2D eigenvalue weighted by atomic mass is 35.5. The molecular formula is C25H17Cl3N2O4. The second-order valence-electron chi connectivity index (χ2n) is 7.50. The number of hydrogen-bond donors (Lipinski definition) is 1. The van der Waals surface area contributed by atoms with Crippen LogP contribution in [0.3, 0.4) is 0 Å². The standard InChI is InChI=1S/C25H17Cl3N2O4/c1-14-2-7-19(8-3-14)30-24(32)20(23(31)29-25(30)33)11-16-10-17(26)6-9-22(16)34-13-15-4-5-18(27)12-21(15)28/h2-12H,13H2,1H3,(H,29,31,33)/b20-11+. The van der Waals surface area contributed by atoms with E-state index in [9.17, 15) is 14.4 Å². The summed E-state index contributed by atoms with van der Waals surface area (Å²) in [5, 5.41) is 3.52. The van der Waals surface area contributed by atoms with Crippen LogP contribution in [0, 0.1) is 6.92 Å². The van der Waals surface area contributed by atoms with E-state index in [1.54, 1.807) is 60.7 Å². The molecule has 4 amide bonds. The van der Waals surface area contributed by atoms with Gasteiger partial charge < -0.3 is 4.74 Å². The van der Waals surface area contributed by atoms with Gasteiger partial charge in [-0.3, -0.25) is 14.9 Å². The molecule has 1 aliphatic rings. The Hall–Kier alpha value is -3.32. The fourth-order valence-electron chi connectivity index (χ4n) is 3.30. The quantitative estimate of drug-likeness (QED) is 0.324. The molecule has 1 N–H and O–H groups in total. The summed E-state index contributed by atoms with van der Waals surface area (Å²) in [7, 11) is 0. The lowest BCUT2D eigenvalue weighted by molar-refractivity contribution is -0.122. The number of nitrogens with one attached hydrogen (secondary N) is 1. The van der Waals surface area contributed by atoms with Crippen LogP contribution in [-0.4, -0.2) is 17.8 Å². The monoisotopic (exact) mass is 514 g/mol. The predicted molar refractivity (Wildman–Crippen MR) is 132 cm³/mol. The lowest BCUT2D eigenvalue weighted by Crippen LogP contribution is -2.54. The van der Waals surface area contributed by atoms with Gasteiger partial charge in [0.25, 0.3) is 11.8 Å². The molecule has 1 saturated heterocycles. The Morgan fingerprint density at radius 3 is 2.29 bits per heavy atom. The number of halogens is 3. The molecule has 0 spiro atoms. The molecular weight excluding hydrogens is 499 g/mol. The maximum Gasteiger partial charge on any atom is 0.335 e. The van der Waals surface area contributed by atoms with Crippen molar-refractivity contribution >= 4 is 64.4 Å². The van der Waals surface area contributed by atoms with Crippen LogP contribution in [-0.2, 0) is 16.2 Å². The Morgan fingerprint density at radius 2 is 1.59 bits per heavy atom. The second-order valence-corrected chi connectivity index (χ2v) is 8.78. The van der Waals surface area contributed by atoms with Crippen LogP contribution >= 0.6 is 34.8 Å². The van der Waals surface area contributed by atoms with Crippen molar-refractivity contribution in [2.45, 2.75) is 13.5 Å². The summed E-state index contributed by atoms with van der Waals surface area (Å²) in [4.78, 5) is 39.0. The summed E-state index contributed by atoms with van der Waals surface area (Å²) in [5.74, 6) is -1.21. The van der Waals surface area contributed by atoms with Crippen LogP contribution < -0.4 is 15.0 Å². The average molecular weight is 516 g/mol. The van der Waals surface area contributed by atoms with Gasteiger partial charge in [-0.25, -0.2) is 9.69 Å². The molecule has 3 aromatic rings. The van der Waals surface area contributed by atoms with Crippen LogP contribution in [0.2, 0.25) is 15.1 Å². The number of anilines is 1. The number of rotatable bonds is 5. The van der Waals surface area contributed by atoms with Gasteiger partial charge in [-0.2, -0.15) is 0 Å². The minimum Gasteiger partial charge on any atom is -0.488 e. The number of barbiturate groups is 1. The smallest absolute Gasteiger partial charge is 0.335 e. The third-order valence-electron chi connectivity index (χ3n) is 5.06. The number of hydrogen-bond acceptors (Lipinski definition) is 4. The van der Waals surface area contributed by atoms with E-state index in [-0.39, 0.29) is 12.2 Å². The Kier molecular flexibility index (Phi) is 6.93. The van der Waals surface area contributed by atoms with Crippen LogP contribution in [0.5, 0.6) is 5.75 Å². The first-order chi connectivity index (χ1) is 16.2. The van der Waals surface area contributed by atoms with Gasteiger partial charge in [0.15, 0.2) is 0 Å². The SMILES string of the molecule is Cc1ccc(N2C(=O)NC(=O)/C(=C\c3cc(Cl)ccc3OCc3ccc(Cl)cc3Cl)C2=O)cc1. The number of carbonyl (C=O) groups is 3. The minimum absolute atomic E-state index is 0.113. The fourth-order valence-corrected chi connectivity index (χ4v) is 3.94. The molecule has 172 valence electrons. The van der Waals surface area contributed by atoms with E-state index in [1.165, 1.54) is 6.08 Å². The van der Waals surface area contributed by atoms with E-state index in [4.69, 9.17) is 39.5 Å². The first-order valence-corrected chi connectivity index (χ1v) is 11.2. The first-order valence-electron chi connectivity index (χ1n) is 10.1. The lowest BCUT2D eigenvalue weighted by atomic mass is 10.1. The van der Waals surface area contributed by atoms with Crippen molar-refractivity contribution in [2.75, 3.05) is 4.90 Å². The fraction of sp³-hybridized carbons (Fsp3) is 0.0800. The van der Waals surface area contributed by atoms with Crippen LogP contribution in [0.1, 0.15) is 16.7 Å². The number of amides is 4. The van der Waals surface area contributed by atoms with E-state index in [0.29, 0.717) is 37.6 Å². The summed E-state index contributed by atoms with van der Waals surface area (Å²) in [6, 6.07) is 15.8. The zero-order valence-corrected chi connectivity index (χ0v) is 20.0. The summed E-state index contributed by atoms with van der Waals surface area (Å²) in [6.07, 6.45) is 1.34. The van der Waals surface area contributed by atoms with Gasteiger partial charge in [0, 0.05) is 26.2 Å². The molecule has 34 heavy (non-hydrogen) atoms. The van der Waals surface area contributed by atoms with Gasteiger partial charge in [0.05, 0.1) is 5.69 Å². The average Bonchev–Trinajstić information content (AvgIpc) is 2.78. The highest BCUT2D eigenvalue weighted by Crippen LogP contribution is 2.30. The summed E-state index contributed by atoms with van der Waals surface area (Å²) in [6.45, 7) is 2.00. The molecule has 0 bridgehead atoms. The highest BCUT2D eigenvalue weighted by molar-refractivity contribution is 6.39. The summed E-state index contributed by atoms with van der Waals surface area (Å²) < 4.78 is 5.90. The molecule has 9 heteroatoms. The third kappa shape index (κ3) is 5.09. The Bertz CT molecular complexity index is 1340. The third-order valence-corrected chi connectivity index (χ3v) is 5.89. The van der Waals surface area contributed by atoms with Crippen molar-refractivity contribution in [1.29, 1.82) is 0 Å².